The number of amides is 1. The number of amidine groups is 1. The summed E-state index contributed by atoms with van der Waals surface area (Å²) in [5.41, 5.74) is 1.88. The average molecular weight is 325 g/mol. The Kier molecular flexibility index (Phi) is 6.56. The van der Waals surface area contributed by atoms with E-state index in [1.54, 1.807) is 13.3 Å². The van der Waals surface area contributed by atoms with Gasteiger partial charge in [0.25, 0.3) is 5.91 Å². The summed E-state index contributed by atoms with van der Waals surface area (Å²) >= 11 is 1.39. The van der Waals surface area contributed by atoms with E-state index in [9.17, 15) is 4.79 Å². The van der Waals surface area contributed by atoms with E-state index in [0.29, 0.717) is 5.17 Å². The Morgan fingerprint density at radius 1 is 1.09 bits per heavy atom. The first-order valence-corrected chi connectivity index (χ1v) is 8.43. The van der Waals surface area contributed by atoms with Gasteiger partial charge in [-0.1, -0.05) is 72.4 Å². The molecule has 0 radical (unpaired) electrons. The van der Waals surface area contributed by atoms with Crippen molar-refractivity contribution in [2.45, 2.75) is 6.42 Å². The first-order chi connectivity index (χ1) is 11.2. The van der Waals surface area contributed by atoms with Gasteiger partial charge in [0.1, 0.15) is 0 Å². The monoisotopic (exact) mass is 325 g/mol. The van der Waals surface area contributed by atoms with Crippen molar-refractivity contribution in [3.8, 4) is 0 Å². The molecular formula is C18H19N3OS. The number of carbonyl (C=O) groups is 1. The number of carbonyl (C=O) groups excluding carboxylic acids is 1. The van der Waals surface area contributed by atoms with Gasteiger partial charge < -0.3 is 0 Å². The SMILES string of the molecule is CN=C(SC)N(N=Cc1ccccc1)C(=O)Cc1ccccc1. The lowest BCUT2D eigenvalue weighted by Gasteiger charge is -2.17. The predicted octanol–water partition coefficient (Wildman–Crippen LogP) is 3.44. The van der Waals surface area contributed by atoms with Gasteiger partial charge in [0.15, 0.2) is 5.17 Å². The maximum absolute atomic E-state index is 12.6. The van der Waals surface area contributed by atoms with Crippen LogP contribution in [0.2, 0.25) is 0 Å². The molecule has 0 aliphatic rings. The number of thioether (sulfide) groups is 1. The third kappa shape index (κ3) is 5.07. The van der Waals surface area contributed by atoms with E-state index < -0.39 is 0 Å². The molecule has 0 fully saturated rings. The maximum Gasteiger partial charge on any atom is 0.253 e. The fraction of sp³-hybridized carbons (Fsp3) is 0.167. The zero-order chi connectivity index (χ0) is 16.5. The Labute approximate surface area is 140 Å². The highest BCUT2D eigenvalue weighted by Crippen LogP contribution is 2.10. The summed E-state index contributed by atoms with van der Waals surface area (Å²) in [5.74, 6) is -0.113. The van der Waals surface area contributed by atoms with Gasteiger partial charge in [-0.15, -0.1) is 0 Å². The van der Waals surface area contributed by atoms with Crippen molar-refractivity contribution in [3.63, 3.8) is 0 Å². The third-order valence-corrected chi connectivity index (χ3v) is 3.83. The van der Waals surface area contributed by atoms with Crippen LogP contribution < -0.4 is 0 Å². The molecule has 2 aromatic carbocycles. The van der Waals surface area contributed by atoms with E-state index in [2.05, 4.69) is 10.1 Å². The van der Waals surface area contributed by atoms with Crippen molar-refractivity contribution in [1.82, 2.24) is 5.01 Å². The summed E-state index contributed by atoms with van der Waals surface area (Å²) in [6.07, 6.45) is 3.83. The van der Waals surface area contributed by atoms with Crippen LogP contribution in [0.3, 0.4) is 0 Å². The third-order valence-electron chi connectivity index (χ3n) is 3.11. The highest BCUT2D eigenvalue weighted by atomic mass is 32.2. The number of hydrogen-bond acceptors (Lipinski definition) is 4. The second-order valence-electron chi connectivity index (χ2n) is 4.73. The van der Waals surface area contributed by atoms with E-state index in [4.69, 9.17) is 0 Å². The smallest absolute Gasteiger partial charge is 0.253 e. The van der Waals surface area contributed by atoms with Crippen LogP contribution in [-0.2, 0) is 11.2 Å². The summed E-state index contributed by atoms with van der Waals surface area (Å²) in [7, 11) is 1.66. The van der Waals surface area contributed by atoms with Gasteiger partial charge in [0.2, 0.25) is 0 Å². The van der Waals surface area contributed by atoms with E-state index in [1.807, 2.05) is 66.9 Å². The molecule has 2 rings (SSSR count). The highest BCUT2D eigenvalue weighted by Gasteiger charge is 2.18. The van der Waals surface area contributed by atoms with Gasteiger partial charge in [-0.2, -0.15) is 10.1 Å². The minimum Gasteiger partial charge on any atom is -0.272 e. The molecule has 5 heteroatoms. The van der Waals surface area contributed by atoms with E-state index in [1.165, 1.54) is 16.8 Å². The van der Waals surface area contributed by atoms with Gasteiger partial charge in [0.05, 0.1) is 12.6 Å². The molecule has 118 valence electrons. The largest absolute Gasteiger partial charge is 0.272 e. The van der Waals surface area contributed by atoms with Crippen molar-refractivity contribution >= 4 is 29.1 Å². The lowest BCUT2D eigenvalue weighted by Crippen LogP contribution is -2.32. The molecule has 0 saturated carbocycles. The fourth-order valence-electron chi connectivity index (χ4n) is 2.00. The van der Waals surface area contributed by atoms with Crippen LogP contribution in [0.15, 0.2) is 70.8 Å². The molecule has 0 spiro atoms. The molecule has 0 bridgehead atoms. The Hall–Kier alpha value is -2.40. The average Bonchev–Trinajstić information content (AvgIpc) is 2.60. The molecule has 23 heavy (non-hydrogen) atoms. The quantitative estimate of drug-likeness (QED) is 0.491. The molecule has 0 aromatic heterocycles. The van der Waals surface area contributed by atoms with Gasteiger partial charge in [-0.3, -0.25) is 9.79 Å². The molecule has 0 aliphatic carbocycles. The first-order valence-electron chi connectivity index (χ1n) is 7.21. The van der Waals surface area contributed by atoms with Crippen LogP contribution in [0.25, 0.3) is 0 Å². The molecule has 0 N–H and O–H groups in total. The van der Waals surface area contributed by atoms with Crippen LogP contribution in [-0.4, -0.2) is 35.6 Å². The van der Waals surface area contributed by atoms with Crippen molar-refractivity contribution in [3.05, 3.63) is 71.8 Å². The molecule has 0 aliphatic heterocycles. The van der Waals surface area contributed by atoms with Crippen molar-refractivity contribution < 1.29 is 4.79 Å². The predicted molar refractivity (Wildman–Crippen MR) is 97.9 cm³/mol. The molecule has 2 aromatic rings. The van der Waals surface area contributed by atoms with Gasteiger partial charge >= 0.3 is 0 Å². The number of benzene rings is 2. The summed E-state index contributed by atoms with van der Waals surface area (Å²) in [5, 5.41) is 6.27. The molecule has 0 heterocycles. The number of nitrogens with zero attached hydrogens (tertiary/aromatic N) is 3. The maximum atomic E-state index is 12.6. The van der Waals surface area contributed by atoms with Gasteiger partial charge in [-0.05, 0) is 17.4 Å². The summed E-state index contributed by atoms with van der Waals surface area (Å²) in [6.45, 7) is 0. The normalized spacial score (nSPS) is 11.7. The summed E-state index contributed by atoms with van der Waals surface area (Å²) < 4.78 is 0. The zero-order valence-electron chi connectivity index (χ0n) is 13.2. The van der Waals surface area contributed by atoms with Crippen molar-refractivity contribution in [2.75, 3.05) is 13.3 Å². The Balaban J connectivity index is 2.20. The van der Waals surface area contributed by atoms with E-state index in [0.717, 1.165) is 11.1 Å². The van der Waals surface area contributed by atoms with Gasteiger partial charge in [-0.25, -0.2) is 0 Å². The minimum atomic E-state index is -0.113. The minimum absolute atomic E-state index is 0.113. The van der Waals surface area contributed by atoms with Crippen LogP contribution in [0, 0.1) is 0 Å². The second-order valence-corrected chi connectivity index (χ2v) is 5.51. The van der Waals surface area contributed by atoms with Crippen molar-refractivity contribution in [2.24, 2.45) is 10.1 Å². The highest BCUT2D eigenvalue weighted by molar-refractivity contribution is 8.13. The standard InChI is InChI=1S/C18H19N3OS/c1-19-18(23-2)21(20-14-16-11-7-4-8-12-16)17(22)13-15-9-5-3-6-10-15/h3-12,14H,13H2,1-2H3. The number of hydrazone groups is 1. The van der Waals surface area contributed by atoms with Gasteiger partial charge in [0, 0.05) is 7.05 Å². The van der Waals surface area contributed by atoms with Crippen LogP contribution in [0.5, 0.6) is 0 Å². The lowest BCUT2D eigenvalue weighted by molar-refractivity contribution is -0.126. The molecule has 4 nitrogen and oxygen atoms in total. The number of hydrogen-bond donors (Lipinski definition) is 0. The first kappa shape index (κ1) is 17.0. The summed E-state index contributed by atoms with van der Waals surface area (Å²) in [4.78, 5) is 16.8. The molecule has 0 saturated heterocycles. The molecule has 0 atom stereocenters. The van der Waals surface area contributed by atoms with Crippen LogP contribution in [0.1, 0.15) is 11.1 Å². The second kappa shape index (κ2) is 8.90. The van der Waals surface area contributed by atoms with E-state index >= 15 is 0 Å². The summed E-state index contributed by atoms with van der Waals surface area (Å²) in [6, 6.07) is 19.3. The molecular weight excluding hydrogens is 306 g/mol. The zero-order valence-corrected chi connectivity index (χ0v) is 14.0. The number of rotatable bonds is 4. The lowest BCUT2D eigenvalue weighted by atomic mass is 10.1. The Morgan fingerprint density at radius 3 is 2.26 bits per heavy atom. The Morgan fingerprint density at radius 2 is 1.70 bits per heavy atom. The van der Waals surface area contributed by atoms with Crippen LogP contribution >= 0.6 is 11.8 Å². The van der Waals surface area contributed by atoms with Crippen LogP contribution in [0.4, 0.5) is 0 Å². The molecule has 0 unspecified atom stereocenters. The Bertz CT molecular complexity index is 684. The van der Waals surface area contributed by atoms with E-state index in [-0.39, 0.29) is 12.3 Å². The fourth-order valence-corrected chi connectivity index (χ4v) is 2.51. The van der Waals surface area contributed by atoms with Crippen molar-refractivity contribution in [1.29, 1.82) is 0 Å². The topological polar surface area (TPSA) is 45.0 Å². The molecule has 1 amide bonds. The number of aliphatic imine (C=N–C) groups is 1.